The van der Waals surface area contributed by atoms with Gasteiger partial charge in [-0.2, -0.15) is 13.2 Å². The first kappa shape index (κ1) is 19.1. The second kappa shape index (κ2) is 7.66. The molecule has 3 atom stereocenters. The fourth-order valence-corrected chi connectivity index (χ4v) is 4.95. The zero-order chi connectivity index (χ0) is 19.7. The molecule has 0 radical (unpaired) electrons. The van der Waals surface area contributed by atoms with Crippen LogP contribution in [0.15, 0.2) is 42.5 Å². The van der Waals surface area contributed by atoms with E-state index < -0.39 is 11.7 Å². The summed E-state index contributed by atoms with van der Waals surface area (Å²) in [5, 5.41) is 0. The molecule has 1 saturated carbocycles. The molecule has 0 spiro atoms. The van der Waals surface area contributed by atoms with Crippen molar-refractivity contribution >= 4 is 0 Å². The number of hydrogen-bond acceptors (Lipinski definition) is 0. The summed E-state index contributed by atoms with van der Waals surface area (Å²) in [6.45, 7) is 2.31. The Labute approximate surface area is 165 Å². The maximum Gasteiger partial charge on any atom is 0.416 e. The Morgan fingerprint density at radius 1 is 0.929 bits per heavy atom. The number of hydrogen-bond donors (Lipinski definition) is 0. The van der Waals surface area contributed by atoms with E-state index in [1.165, 1.54) is 55.4 Å². The van der Waals surface area contributed by atoms with Crippen molar-refractivity contribution in [3.8, 4) is 11.8 Å². The summed E-state index contributed by atoms with van der Waals surface area (Å²) in [5.74, 6) is 8.55. The first-order valence-electron chi connectivity index (χ1n) is 10.3. The van der Waals surface area contributed by atoms with Gasteiger partial charge >= 0.3 is 6.18 Å². The van der Waals surface area contributed by atoms with Crippen molar-refractivity contribution in [2.45, 2.75) is 57.5 Å². The smallest absolute Gasteiger partial charge is 0.166 e. The van der Waals surface area contributed by atoms with Gasteiger partial charge in [0.25, 0.3) is 0 Å². The molecule has 28 heavy (non-hydrogen) atoms. The zero-order valence-corrected chi connectivity index (χ0v) is 16.2. The molecule has 2 aliphatic carbocycles. The monoisotopic (exact) mass is 382 g/mol. The Bertz CT molecular complexity index is 896. The van der Waals surface area contributed by atoms with Gasteiger partial charge in [0, 0.05) is 11.1 Å². The quantitative estimate of drug-likeness (QED) is 0.468. The fourth-order valence-electron chi connectivity index (χ4n) is 4.95. The van der Waals surface area contributed by atoms with Crippen LogP contribution in [-0.4, -0.2) is 0 Å². The standard InChI is InChI=1S/C25H25F3/c1-2-17-7-13-23-20(15-17)9-10-21-16-19(8-14-24(21)23)4-3-18-5-11-22(12-6-18)25(26,27)28/h5-6,8,11-12,14,16-17,20,23H,2,7,9-10,13,15H2,1H3. The highest BCUT2D eigenvalue weighted by atomic mass is 19.4. The van der Waals surface area contributed by atoms with Crippen LogP contribution in [0.2, 0.25) is 0 Å². The van der Waals surface area contributed by atoms with E-state index in [0.29, 0.717) is 11.5 Å². The van der Waals surface area contributed by atoms with Crippen LogP contribution in [0.5, 0.6) is 0 Å². The van der Waals surface area contributed by atoms with Gasteiger partial charge in [-0.3, -0.25) is 0 Å². The molecule has 0 N–H and O–H groups in total. The normalized spacial score (nSPS) is 23.9. The average molecular weight is 382 g/mol. The Morgan fingerprint density at radius 2 is 1.64 bits per heavy atom. The second-order valence-electron chi connectivity index (χ2n) is 8.23. The van der Waals surface area contributed by atoms with Crippen molar-refractivity contribution in [3.05, 3.63) is 70.3 Å². The highest BCUT2D eigenvalue weighted by Gasteiger charge is 2.34. The van der Waals surface area contributed by atoms with Gasteiger partial charge in [0.05, 0.1) is 5.56 Å². The van der Waals surface area contributed by atoms with Crippen LogP contribution >= 0.6 is 0 Å². The summed E-state index contributed by atoms with van der Waals surface area (Å²) >= 11 is 0. The van der Waals surface area contributed by atoms with Gasteiger partial charge < -0.3 is 0 Å². The van der Waals surface area contributed by atoms with Gasteiger partial charge in [-0.15, -0.1) is 0 Å². The lowest BCUT2D eigenvalue weighted by Crippen LogP contribution is -2.27. The third-order valence-corrected chi connectivity index (χ3v) is 6.56. The number of aryl methyl sites for hydroxylation is 1. The third-order valence-electron chi connectivity index (χ3n) is 6.56. The van der Waals surface area contributed by atoms with Crippen molar-refractivity contribution < 1.29 is 13.2 Å². The van der Waals surface area contributed by atoms with Gasteiger partial charge in [0.2, 0.25) is 0 Å². The summed E-state index contributed by atoms with van der Waals surface area (Å²) in [7, 11) is 0. The van der Waals surface area contributed by atoms with E-state index in [4.69, 9.17) is 0 Å². The highest BCUT2D eigenvalue weighted by molar-refractivity contribution is 5.47. The zero-order valence-electron chi connectivity index (χ0n) is 16.2. The molecule has 2 aromatic rings. The summed E-state index contributed by atoms with van der Waals surface area (Å²) in [4.78, 5) is 0. The molecule has 2 aliphatic rings. The van der Waals surface area contributed by atoms with E-state index in [0.717, 1.165) is 36.0 Å². The van der Waals surface area contributed by atoms with Crippen LogP contribution in [0.25, 0.3) is 0 Å². The first-order valence-corrected chi connectivity index (χ1v) is 10.3. The SMILES string of the molecule is CCC1CCC2c3ccc(C#Cc4ccc(C(F)(F)F)cc4)cc3CCC2C1. The number of alkyl halides is 3. The Balaban J connectivity index is 1.51. The molecule has 3 heteroatoms. The molecule has 146 valence electrons. The van der Waals surface area contributed by atoms with Crippen LogP contribution in [0.3, 0.4) is 0 Å². The van der Waals surface area contributed by atoms with Crippen LogP contribution in [0, 0.1) is 23.7 Å². The van der Waals surface area contributed by atoms with Gasteiger partial charge in [-0.05, 0) is 97.4 Å². The molecule has 0 bridgehead atoms. The Kier molecular flexibility index (Phi) is 5.23. The molecule has 0 nitrogen and oxygen atoms in total. The van der Waals surface area contributed by atoms with Crippen LogP contribution < -0.4 is 0 Å². The minimum absolute atomic E-state index is 0.601. The number of benzene rings is 2. The molecular formula is C25H25F3. The minimum atomic E-state index is -4.31. The lowest BCUT2D eigenvalue weighted by molar-refractivity contribution is -0.137. The van der Waals surface area contributed by atoms with Gasteiger partial charge in [0.15, 0.2) is 0 Å². The third kappa shape index (κ3) is 3.97. The van der Waals surface area contributed by atoms with E-state index in [1.54, 1.807) is 0 Å². The number of halogens is 3. The van der Waals surface area contributed by atoms with Crippen molar-refractivity contribution in [1.29, 1.82) is 0 Å². The van der Waals surface area contributed by atoms with Crippen molar-refractivity contribution in [2.24, 2.45) is 11.8 Å². The molecule has 2 aromatic carbocycles. The molecule has 0 heterocycles. The molecule has 1 fully saturated rings. The lowest BCUT2D eigenvalue weighted by Gasteiger charge is -2.40. The largest absolute Gasteiger partial charge is 0.416 e. The van der Waals surface area contributed by atoms with Crippen molar-refractivity contribution in [1.82, 2.24) is 0 Å². The molecular weight excluding hydrogens is 357 g/mol. The summed E-state index contributed by atoms with van der Waals surface area (Å²) in [6, 6.07) is 11.6. The number of fused-ring (bicyclic) bond motifs is 3. The predicted molar refractivity (Wildman–Crippen MR) is 106 cm³/mol. The first-order chi connectivity index (χ1) is 13.4. The second-order valence-corrected chi connectivity index (χ2v) is 8.23. The molecule has 3 unspecified atom stereocenters. The topological polar surface area (TPSA) is 0 Å². The molecule has 0 aromatic heterocycles. The van der Waals surface area contributed by atoms with E-state index in [1.807, 2.05) is 0 Å². The summed E-state index contributed by atoms with van der Waals surface area (Å²) < 4.78 is 38.0. The van der Waals surface area contributed by atoms with Crippen molar-refractivity contribution in [2.75, 3.05) is 0 Å². The van der Waals surface area contributed by atoms with Crippen LogP contribution in [-0.2, 0) is 12.6 Å². The van der Waals surface area contributed by atoms with E-state index in [2.05, 4.69) is 37.0 Å². The predicted octanol–water partition coefficient (Wildman–Crippen LogP) is 6.96. The molecule has 0 aliphatic heterocycles. The van der Waals surface area contributed by atoms with E-state index in [9.17, 15) is 13.2 Å². The van der Waals surface area contributed by atoms with E-state index in [-0.39, 0.29) is 0 Å². The van der Waals surface area contributed by atoms with Gasteiger partial charge in [-0.1, -0.05) is 31.3 Å². The molecule has 4 rings (SSSR count). The fraction of sp³-hybridized carbons (Fsp3) is 0.440. The van der Waals surface area contributed by atoms with E-state index >= 15 is 0 Å². The van der Waals surface area contributed by atoms with Gasteiger partial charge in [0.1, 0.15) is 0 Å². The Morgan fingerprint density at radius 3 is 2.36 bits per heavy atom. The maximum atomic E-state index is 12.7. The van der Waals surface area contributed by atoms with Crippen LogP contribution in [0.1, 0.15) is 72.8 Å². The number of rotatable bonds is 1. The minimum Gasteiger partial charge on any atom is -0.166 e. The van der Waals surface area contributed by atoms with Crippen LogP contribution in [0.4, 0.5) is 13.2 Å². The highest BCUT2D eigenvalue weighted by Crippen LogP contribution is 2.47. The Hall–Kier alpha value is -2.21. The summed E-state index contributed by atoms with van der Waals surface area (Å²) in [5.41, 5.74) is 3.82. The van der Waals surface area contributed by atoms with Crippen molar-refractivity contribution in [3.63, 3.8) is 0 Å². The molecule has 0 saturated heterocycles. The lowest BCUT2D eigenvalue weighted by atomic mass is 9.65. The molecule has 0 amide bonds. The van der Waals surface area contributed by atoms with Gasteiger partial charge in [-0.25, -0.2) is 0 Å². The summed E-state index contributed by atoms with van der Waals surface area (Å²) in [6.07, 6.45) is 3.38. The average Bonchev–Trinajstić information content (AvgIpc) is 2.71. The maximum absolute atomic E-state index is 12.7.